The van der Waals surface area contributed by atoms with Gasteiger partial charge in [0.15, 0.2) is 0 Å². The summed E-state index contributed by atoms with van der Waals surface area (Å²) in [6.45, 7) is 7.52. The topological polar surface area (TPSA) is 43.9 Å². The minimum Gasteiger partial charge on any atom is -0.343 e. The summed E-state index contributed by atoms with van der Waals surface area (Å²) < 4.78 is 13.2. The van der Waals surface area contributed by atoms with E-state index >= 15 is 0 Å². The van der Waals surface area contributed by atoms with Crippen LogP contribution in [-0.2, 0) is 16.1 Å². The molecule has 30 heavy (non-hydrogen) atoms. The van der Waals surface area contributed by atoms with Gasteiger partial charge in [-0.05, 0) is 75.4 Å². The van der Waals surface area contributed by atoms with E-state index in [1.165, 1.54) is 12.1 Å². The highest BCUT2D eigenvalue weighted by Crippen LogP contribution is 2.40. The Morgan fingerprint density at radius 2 is 1.73 bits per heavy atom. The Morgan fingerprint density at radius 1 is 1.07 bits per heavy atom. The molecule has 0 atom stereocenters. The quantitative estimate of drug-likeness (QED) is 0.740. The predicted octanol–water partition coefficient (Wildman–Crippen LogP) is 3.43. The number of nitrogens with zero attached hydrogens (tertiary/aromatic N) is 3. The molecule has 164 valence electrons. The number of amides is 2. The molecule has 6 heteroatoms. The van der Waals surface area contributed by atoms with Crippen LogP contribution in [0.15, 0.2) is 24.3 Å². The largest absolute Gasteiger partial charge is 0.343 e. The van der Waals surface area contributed by atoms with Crippen LogP contribution in [-0.4, -0.2) is 64.8 Å². The maximum absolute atomic E-state index is 13.2. The molecular formula is C24H34FN3O2. The van der Waals surface area contributed by atoms with Crippen LogP contribution in [0.25, 0.3) is 0 Å². The second-order valence-corrected chi connectivity index (χ2v) is 9.29. The average molecular weight is 416 g/mol. The van der Waals surface area contributed by atoms with Gasteiger partial charge in [-0.15, -0.1) is 0 Å². The lowest BCUT2D eigenvalue weighted by atomic mass is 9.84. The lowest BCUT2D eigenvalue weighted by Crippen LogP contribution is -2.54. The van der Waals surface area contributed by atoms with Crippen molar-refractivity contribution in [2.24, 2.45) is 5.92 Å². The Kier molecular flexibility index (Phi) is 6.42. The first-order valence-electron chi connectivity index (χ1n) is 11.5. The van der Waals surface area contributed by atoms with Gasteiger partial charge in [0.25, 0.3) is 0 Å². The molecule has 3 aliphatic rings. The van der Waals surface area contributed by atoms with Crippen molar-refractivity contribution < 1.29 is 14.0 Å². The predicted molar refractivity (Wildman–Crippen MR) is 114 cm³/mol. The smallest absolute Gasteiger partial charge is 0.223 e. The van der Waals surface area contributed by atoms with E-state index in [1.54, 1.807) is 12.1 Å². The van der Waals surface area contributed by atoms with Crippen molar-refractivity contribution in [1.29, 1.82) is 0 Å². The van der Waals surface area contributed by atoms with Gasteiger partial charge in [0.2, 0.25) is 11.8 Å². The molecule has 3 aliphatic heterocycles. The van der Waals surface area contributed by atoms with Crippen molar-refractivity contribution in [3.63, 3.8) is 0 Å². The number of piperidine rings is 2. The van der Waals surface area contributed by atoms with Gasteiger partial charge in [0.1, 0.15) is 5.82 Å². The summed E-state index contributed by atoms with van der Waals surface area (Å²) in [6.07, 6.45) is 6.05. The van der Waals surface area contributed by atoms with Crippen molar-refractivity contribution in [2.75, 3.05) is 32.7 Å². The average Bonchev–Trinajstić information content (AvgIpc) is 3.06. The lowest BCUT2D eigenvalue weighted by molar-refractivity contribution is -0.137. The van der Waals surface area contributed by atoms with Gasteiger partial charge in [-0.2, -0.15) is 0 Å². The fraction of sp³-hybridized carbons (Fsp3) is 0.667. The fourth-order valence-electron chi connectivity index (χ4n) is 5.48. The van der Waals surface area contributed by atoms with Crippen molar-refractivity contribution in [3.8, 4) is 0 Å². The molecule has 3 fully saturated rings. The van der Waals surface area contributed by atoms with Gasteiger partial charge in [-0.1, -0.05) is 19.1 Å². The van der Waals surface area contributed by atoms with E-state index < -0.39 is 0 Å². The Morgan fingerprint density at radius 3 is 2.37 bits per heavy atom. The first-order chi connectivity index (χ1) is 14.5. The summed E-state index contributed by atoms with van der Waals surface area (Å²) in [5.74, 6) is 0.726. The number of likely N-dealkylation sites (tertiary alicyclic amines) is 3. The fourth-order valence-corrected chi connectivity index (χ4v) is 5.48. The van der Waals surface area contributed by atoms with E-state index in [9.17, 15) is 14.0 Å². The van der Waals surface area contributed by atoms with Crippen LogP contribution in [0, 0.1) is 11.7 Å². The van der Waals surface area contributed by atoms with Crippen molar-refractivity contribution in [3.05, 3.63) is 35.6 Å². The lowest BCUT2D eigenvalue weighted by Gasteiger charge is -2.45. The number of hydrogen-bond donors (Lipinski definition) is 0. The third-order valence-corrected chi connectivity index (χ3v) is 7.60. The minimum absolute atomic E-state index is 0.144. The summed E-state index contributed by atoms with van der Waals surface area (Å²) >= 11 is 0. The monoisotopic (exact) mass is 415 g/mol. The molecule has 0 bridgehead atoms. The van der Waals surface area contributed by atoms with Crippen LogP contribution in [0.4, 0.5) is 4.39 Å². The third-order valence-electron chi connectivity index (χ3n) is 7.60. The molecule has 0 saturated carbocycles. The number of rotatable bonds is 5. The molecule has 0 N–H and O–H groups in total. The number of carbonyl (C=O) groups excluding carboxylic acids is 2. The normalized spacial score (nSPS) is 22.8. The first-order valence-corrected chi connectivity index (χ1v) is 11.5. The Bertz CT molecular complexity index is 750. The highest BCUT2D eigenvalue weighted by Gasteiger charge is 2.47. The summed E-state index contributed by atoms with van der Waals surface area (Å²) in [5, 5.41) is 0. The SMILES string of the molecule is CCN1CCC(CC(=O)N2CCC3(CCC(=O)N3Cc3ccc(F)cc3)CC2)CC1. The van der Waals surface area contributed by atoms with Crippen LogP contribution < -0.4 is 0 Å². The molecule has 1 aromatic rings. The molecular weight excluding hydrogens is 381 g/mol. The standard InChI is InChI=1S/C24H34FN3O2/c1-2-26-13-8-19(9-14-26)17-23(30)27-15-11-24(12-16-27)10-7-22(29)28(24)18-20-3-5-21(25)6-4-20/h3-6,19H,2,7-18H2,1H3. The van der Waals surface area contributed by atoms with Crippen LogP contribution in [0.1, 0.15) is 57.4 Å². The van der Waals surface area contributed by atoms with Gasteiger partial charge in [-0.3, -0.25) is 9.59 Å². The molecule has 3 saturated heterocycles. The van der Waals surface area contributed by atoms with Crippen molar-refractivity contribution >= 4 is 11.8 Å². The molecule has 1 spiro atoms. The van der Waals surface area contributed by atoms with Crippen LogP contribution >= 0.6 is 0 Å². The van der Waals surface area contributed by atoms with E-state index in [0.29, 0.717) is 25.3 Å². The van der Waals surface area contributed by atoms with Gasteiger partial charge in [0, 0.05) is 38.0 Å². The summed E-state index contributed by atoms with van der Waals surface area (Å²) in [5.41, 5.74) is 0.817. The number of hydrogen-bond acceptors (Lipinski definition) is 3. The third kappa shape index (κ3) is 4.53. The molecule has 5 nitrogen and oxygen atoms in total. The first kappa shape index (κ1) is 21.3. The van der Waals surface area contributed by atoms with Crippen LogP contribution in [0.2, 0.25) is 0 Å². The molecule has 2 amide bonds. The van der Waals surface area contributed by atoms with Crippen molar-refractivity contribution in [2.45, 2.75) is 64.0 Å². The van der Waals surface area contributed by atoms with Crippen LogP contribution in [0.3, 0.4) is 0 Å². The molecule has 0 unspecified atom stereocenters. The van der Waals surface area contributed by atoms with Crippen LogP contribution in [0.5, 0.6) is 0 Å². The van der Waals surface area contributed by atoms with E-state index in [4.69, 9.17) is 0 Å². The molecule has 0 aromatic heterocycles. The zero-order chi connectivity index (χ0) is 21.1. The molecule has 1 aromatic carbocycles. The van der Waals surface area contributed by atoms with E-state index in [0.717, 1.165) is 70.4 Å². The second kappa shape index (κ2) is 9.04. The van der Waals surface area contributed by atoms with E-state index in [-0.39, 0.29) is 23.2 Å². The zero-order valence-corrected chi connectivity index (χ0v) is 18.1. The van der Waals surface area contributed by atoms with Gasteiger partial charge < -0.3 is 14.7 Å². The second-order valence-electron chi connectivity index (χ2n) is 9.29. The number of benzene rings is 1. The van der Waals surface area contributed by atoms with E-state index in [2.05, 4.69) is 11.8 Å². The minimum atomic E-state index is -0.256. The van der Waals surface area contributed by atoms with E-state index in [1.807, 2.05) is 9.80 Å². The molecule has 4 rings (SSSR count). The maximum atomic E-state index is 13.2. The number of halogens is 1. The highest BCUT2D eigenvalue weighted by molar-refractivity contribution is 5.80. The molecule has 0 radical (unpaired) electrons. The Hall–Kier alpha value is -1.95. The number of carbonyl (C=O) groups is 2. The van der Waals surface area contributed by atoms with Gasteiger partial charge in [-0.25, -0.2) is 4.39 Å². The zero-order valence-electron chi connectivity index (χ0n) is 18.1. The highest BCUT2D eigenvalue weighted by atomic mass is 19.1. The van der Waals surface area contributed by atoms with Gasteiger partial charge in [0.05, 0.1) is 0 Å². The Labute approximate surface area is 179 Å². The summed E-state index contributed by atoms with van der Waals surface area (Å²) in [7, 11) is 0. The van der Waals surface area contributed by atoms with Crippen molar-refractivity contribution in [1.82, 2.24) is 14.7 Å². The molecule has 0 aliphatic carbocycles. The Balaban J connectivity index is 1.32. The maximum Gasteiger partial charge on any atom is 0.223 e. The summed E-state index contributed by atoms with van der Waals surface area (Å²) in [6, 6.07) is 6.43. The summed E-state index contributed by atoms with van der Waals surface area (Å²) in [4.78, 5) is 32.0. The van der Waals surface area contributed by atoms with Gasteiger partial charge >= 0.3 is 0 Å². The molecule has 3 heterocycles.